The lowest BCUT2D eigenvalue weighted by Crippen LogP contribution is -2.32. The topological polar surface area (TPSA) is 67.7 Å². The van der Waals surface area contributed by atoms with Crippen LogP contribution in [0.4, 0.5) is 14.7 Å². The number of hydrogen-bond donors (Lipinski definition) is 2. The quantitative estimate of drug-likeness (QED) is 0.274. The lowest BCUT2D eigenvalue weighted by atomic mass is 9.99. The first-order valence-electron chi connectivity index (χ1n) is 11.2. The van der Waals surface area contributed by atoms with Crippen LogP contribution in [0, 0.1) is 17.6 Å². The van der Waals surface area contributed by atoms with E-state index in [-0.39, 0.29) is 6.54 Å². The lowest BCUT2D eigenvalue weighted by Gasteiger charge is -2.24. The lowest BCUT2D eigenvalue weighted by molar-refractivity contribution is 0.341. The van der Waals surface area contributed by atoms with Gasteiger partial charge in [-0.25, -0.2) is 18.7 Å². The summed E-state index contributed by atoms with van der Waals surface area (Å²) in [6, 6.07) is 7.34. The molecule has 2 aromatic carbocycles. The average Bonchev–Trinajstić information content (AvgIpc) is 3.17. The number of anilines is 1. The average molecular weight is 582 g/mol. The van der Waals surface area contributed by atoms with Gasteiger partial charge in [-0.3, -0.25) is 0 Å². The Hall–Kier alpha value is -2.33. The smallest absolute Gasteiger partial charge is 0.225 e. The van der Waals surface area contributed by atoms with Crippen LogP contribution < -0.4 is 10.6 Å². The number of piperidine rings is 1. The molecule has 3 heterocycles. The molecule has 11 heteroatoms. The van der Waals surface area contributed by atoms with Crippen molar-refractivity contribution in [1.29, 1.82) is 0 Å². The largest absolute Gasteiger partial charge is 0.350 e. The van der Waals surface area contributed by atoms with Crippen molar-refractivity contribution in [3.8, 4) is 11.4 Å². The van der Waals surface area contributed by atoms with Crippen molar-refractivity contribution in [3.05, 3.63) is 68.2 Å². The van der Waals surface area contributed by atoms with Crippen molar-refractivity contribution in [3.63, 3.8) is 0 Å². The monoisotopic (exact) mass is 580 g/mol. The van der Waals surface area contributed by atoms with Crippen molar-refractivity contribution >= 4 is 56.2 Å². The van der Waals surface area contributed by atoms with Crippen LogP contribution in [0.3, 0.4) is 0 Å². The minimum absolute atomic E-state index is 0.237. The van der Waals surface area contributed by atoms with Crippen molar-refractivity contribution in [2.75, 3.05) is 18.4 Å². The molecule has 0 unspecified atom stereocenters. The predicted octanol–water partition coefficient (Wildman–Crippen LogP) is 6.45. The molecule has 1 aliphatic heterocycles. The summed E-state index contributed by atoms with van der Waals surface area (Å²) < 4.78 is 29.6. The van der Waals surface area contributed by atoms with Gasteiger partial charge in [0, 0.05) is 17.6 Å². The van der Waals surface area contributed by atoms with E-state index >= 15 is 0 Å². The molecule has 35 heavy (non-hydrogen) atoms. The number of imidazole rings is 1. The molecule has 1 aliphatic rings. The Balaban J connectivity index is 1.54. The zero-order valence-corrected chi connectivity index (χ0v) is 21.6. The third-order valence-corrected chi connectivity index (χ3v) is 7.05. The van der Waals surface area contributed by atoms with Gasteiger partial charge in [-0.1, -0.05) is 45.2 Å². The summed E-state index contributed by atoms with van der Waals surface area (Å²) in [6.45, 7) is 2.83. The van der Waals surface area contributed by atoms with Crippen molar-refractivity contribution < 1.29 is 8.78 Å². The van der Waals surface area contributed by atoms with Crippen LogP contribution in [0.1, 0.15) is 18.4 Å². The van der Waals surface area contributed by atoms with Gasteiger partial charge in [-0.05, 0) is 61.7 Å². The van der Waals surface area contributed by atoms with Gasteiger partial charge in [0.2, 0.25) is 5.95 Å². The first kappa shape index (κ1) is 24.4. The van der Waals surface area contributed by atoms with Crippen molar-refractivity contribution in [1.82, 2.24) is 24.8 Å². The third-order valence-electron chi connectivity index (χ3n) is 5.99. The number of fused-ring (bicyclic) bond motifs is 1. The minimum atomic E-state index is -0.896. The summed E-state index contributed by atoms with van der Waals surface area (Å²) in [5, 5.41) is 7.49. The van der Waals surface area contributed by atoms with Crippen molar-refractivity contribution in [2.45, 2.75) is 25.9 Å². The fraction of sp³-hybridized carbons (Fsp3) is 0.292. The molecule has 1 atom stereocenters. The first-order valence-corrected chi connectivity index (χ1v) is 12.7. The van der Waals surface area contributed by atoms with E-state index in [9.17, 15) is 8.78 Å². The van der Waals surface area contributed by atoms with Crippen LogP contribution in [0.5, 0.6) is 0 Å². The third kappa shape index (κ3) is 5.28. The highest BCUT2D eigenvalue weighted by atomic mass is 79.9. The molecule has 1 saturated heterocycles. The van der Waals surface area contributed by atoms with E-state index in [0.29, 0.717) is 56.6 Å². The Morgan fingerprint density at radius 2 is 1.91 bits per heavy atom. The fourth-order valence-electron chi connectivity index (χ4n) is 4.29. The molecule has 0 spiro atoms. The zero-order valence-electron chi connectivity index (χ0n) is 18.5. The molecule has 0 bridgehead atoms. The van der Waals surface area contributed by atoms with E-state index in [1.165, 1.54) is 6.07 Å². The van der Waals surface area contributed by atoms with Gasteiger partial charge in [-0.15, -0.1) is 0 Å². The maximum Gasteiger partial charge on any atom is 0.225 e. The SMILES string of the molecule is Fc1ccc(CNc2ncc3nc(-c4c(Cl)cc(Br)cc4Cl)n(C[C@@H]4CCCNC4)c3n2)cc1F. The number of halogens is 5. The van der Waals surface area contributed by atoms with Crippen LogP contribution >= 0.6 is 39.1 Å². The molecule has 0 saturated carbocycles. The molecule has 0 aliphatic carbocycles. The molecule has 5 rings (SSSR count). The Kier molecular flexibility index (Phi) is 7.20. The van der Waals surface area contributed by atoms with E-state index < -0.39 is 11.6 Å². The summed E-state index contributed by atoms with van der Waals surface area (Å²) in [5.41, 5.74) is 2.46. The molecular weight excluding hydrogens is 561 g/mol. The Morgan fingerprint density at radius 1 is 1.11 bits per heavy atom. The molecular formula is C24H21BrCl2F2N6. The number of benzene rings is 2. The van der Waals surface area contributed by atoms with Gasteiger partial charge < -0.3 is 15.2 Å². The molecule has 2 N–H and O–H groups in total. The van der Waals surface area contributed by atoms with E-state index in [1.807, 2.05) is 4.57 Å². The summed E-state index contributed by atoms with van der Waals surface area (Å²) in [4.78, 5) is 13.9. The van der Waals surface area contributed by atoms with Gasteiger partial charge >= 0.3 is 0 Å². The number of aromatic nitrogens is 4. The van der Waals surface area contributed by atoms with Crippen LogP contribution in [0.15, 0.2) is 41.0 Å². The first-order chi connectivity index (χ1) is 16.9. The van der Waals surface area contributed by atoms with E-state index in [2.05, 4.69) is 31.5 Å². The Morgan fingerprint density at radius 3 is 2.63 bits per heavy atom. The van der Waals surface area contributed by atoms with Crippen LogP contribution in [-0.2, 0) is 13.1 Å². The summed E-state index contributed by atoms with van der Waals surface area (Å²) in [5.74, 6) is -0.413. The molecule has 0 amide bonds. The zero-order chi connectivity index (χ0) is 24.5. The van der Waals surface area contributed by atoms with Crippen molar-refractivity contribution in [2.24, 2.45) is 5.92 Å². The number of hydrogen-bond acceptors (Lipinski definition) is 5. The van der Waals surface area contributed by atoms with E-state index in [4.69, 9.17) is 33.2 Å². The maximum atomic E-state index is 13.6. The second-order valence-corrected chi connectivity index (χ2v) is 10.2. The number of nitrogens with zero attached hydrogens (tertiary/aromatic N) is 4. The molecule has 4 aromatic rings. The molecule has 1 fully saturated rings. The summed E-state index contributed by atoms with van der Waals surface area (Å²) in [6.07, 6.45) is 3.82. The summed E-state index contributed by atoms with van der Waals surface area (Å²) in [7, 11) is 0. The van der Waals surface area contributed by atoms with Gasteiger partial charge in [0.15, 0.2) is 17.3 Å². The fourth-order valence-corrected chi connectivity index (χ4v) is 5.67. The molecule has 182 valence electrons. The maximum absolute atomic E-state index is 13.6. The minimum Gasteiger partial charge on any atom is -0.350 e. The second-order valence-electron chi connectivity index (χ2n) is 8.51. The van der Waals surface area contributed by atoms with E-state index in [0.717, 1.165) is 42.5 Å². The Bertz CT molecular complexity index is 1370. The van der Waals surface area contributed by atoms with Gasteiger partial charge in [-0.2, -0.15) is 4.98 Å². The second kappa shape index (κ2) is 10.3. The van der Waals surface area contributed by atoms with Crippen LogP contribution in [-0.4, -0.2) is 32.6 Å². The number of nitrogens with one attached hydrogen (secondary N) is 2. The van der Waals surface area contributed by atoms with Gasteiger partial charge in [0.25, 0.3) is 0 Å². The molecule has 0 radical (unpaired) electrons. The highest BCUT2D eigenvalue weighted by Gasteiger charge is 2.23. The summed E-state index contributed by atoms with van der Waals surface area (Å²) >= 11 is 16.6. The van der Waals surface area contributed by atoms with Crippen LogP contribution in [0.2, 0.25) is 10.0 Å². The standard InChI is InChI=1S/C24H21BrCl2F2N6/c25-15-7-16(26)21(17(27)8-15)23-33-20-11-32-24(31-10-13-3-4-18(28)19(29)6-13)34-22(20)35(23)12-14-2-1-5-30-9-14/h3-4,6-8,11,14,30H,1-2,5,9-10,12H2,(H,31,32,34)/t14-/m1/s1. The molecule has 6 nitrogen and oxygen atoms in total. The number of rotatable bonds is 6. The van der Waals surface area contributed by atoms with Gasteiger partial charge in [0.05, 0.1) is 21.8 Å². The predicted molar refractivity (Wildman–Crippen MR) is 138 cm³/mol. The Labute approximate surface area is 219 Å². The molecule has 2 aromatic heterocycles. The highest BCUT2D eigenvalue weighted by molar-refractivity contribution is 9.10. The van der Waals surface area contributed by atoms with E-state index in [1.54, 1.807) is 18.3 Å². The van der Waals surface area contributed by atoms with Gasteiger partial charge in [0.1, 0.15) is 11.3 Å². The van der Waals surface area contributed by atoms with Crippen LogP contribution in [0.25, 0.3) is 22.6 Å². The normalized spacial score (nSPS) is 16.1. The highest BCUT2D eigenvalue weighted by Crippen LogP contribution is 2.38.